The minimum absolute atomic E-state index is 0.0397. The highest BCUT2D eigenvalue weighted by atomic mass is 35.5. The molecule has 1 saturated heterocycles. The second-order valence-electron chi connectivity index (χ2n) is 6.82. The first kappa shape index (κ1) is 18.9. The Labute approximate surface area is 159 Å². The van der Waals surface area contributed by atoms with E-state index in [1.54, 1.807) is 0 Å². The minimum Gasteiger partial charge on any atom is -0.466 e. The van der Waals surface area contributed by atoms with E-state index in [1.807, 2.05) is 36.7 Å². The number of halogens is 1. The molecule has 0 radical (unpaired) electrons. The van der Waals surface area contributed by atoms with Crippen molar-refractivity contribution in [3.05, 3.63) is 52.3 Å². The molecular weight excluding hydrogens is 350 g/mol. The fourth-order valence-electron chi connectivity index (χ4n) is 3.51. The maximum Gasteiger partial charge on any atom is 0.310 e. The Bertz CT molecular complexity index is 745. The van der Waals surface area contributed by atoms with Crippen molar-refractivity contribution < 1.29 is 9.53 Å². The summed E-state index contributed by atoms with van der Waals surface area (Å²) in [6, 6.07) is 10.2. The van der Waals surface area contributed by atoms with Crippen LogP contribution in [0.1, 0.15) is 36.6 Å². The van der Waals surface area contributed by atoms with E-state index in [1.165, 1.54) is 5.56 Å². The predicted molar refractivity (Wildman–Crippen MR) is 102 cm³/mol. The lowest BCUT2D eigenvalue weighted by Gasteiger charge is -2.31. The topological polar surface area (TPSA) is 47.4 Å². The molecule has 1 aliphatic rings. The number of benzene rings is 1. The summed E-state index contributed by atoms with van der Waals surface area (Å²) in [5.74, 6) is -0.123. The Morgan fingerprint density at radius 3 is 2.81 bits per heavy atom. The highest BCUT2D eigenvalue weighted by Crippen LogP contribution is 2.26. The van der Waals surface area contributed by atoms with Gasteiger partial charge in [0.05, 0.1) is 24.8 Å². The van der Waals surface area contributed by atoms with Crippen LogP contribution >= 0.6 is 11.6 Å². The number of nitrogens with zero attached hydrogens (tertiary/aromatic N) is 3. The van der Waals surface area contributed by atoms with Gasteiger partial charge in [-0.1, -0.05) is 41.9 Å². The Morgan fingerprint density at radius 2 is 2.08 bits per heavy atom. The summed E-state index contributed by atoms with van der Waals surface area (Å²) < 4.78 is 7.05. The summed E-state index contributed by atoms with van der Waals surface area (Å²) in [6.07, 6.45) is 1.90. The number of carbonyl (C=O) groups excluding carboxylic acids is 1. The van der Waals surface area contributed by atoms with Gasteiger partial charge >= 0.3 is 5.97 Å². The highest BCUT2D eigenvalue weighted by Gasteiger charge is 2.28. The SMILES string of the molecule is CCOC(=O)C1CCCN(Cc2c(C)nn(Cc3ccccc3)c2Cl)C1. The van der Waals surface area contributed by atoms with Gasteiger partial charge in [-0.15, -0.1) is 0 Å². The zero-order chi connectivity index (χ0) is 18.5. The lowest BCUT2D eigenvalue weighted by molar-refractivity contribution is -0.150. The third-order valence-electron chi connectivity index (χ3n) is 4.87. The number of ether oxygens (including phenoxy) is 1. The van der Waals surface area contributed by atoms with Gasteiger partial charge in [0, 0.05) is 18.7 Å². The average molecular weight is 376 g/mol. The molecule has 0 amide bonds. The van der Waals surface area contributed by atoms with Crippen molar-refractivity contribution in [1.82, 2.24) is 14.7 Å². The molecule has 2 heterocycles. The smallest absolute Gasteiger partial charge is 0.310 e. The highest BCUT2D eigenvalue weighted by molar-refractivity contribution is 6.30. The first-order valence-electron chi connectivity index (χ1n) is 9.23. The van der Waals surface area contributed by atoms with Crippen molar-refractivity contribution in [2.75, 3.05) is 19.7 Å². The summed E-state index contributed by atoms with van der Waals surface area (Å²) in [6.45, 7) is 7.35. The first-order chi connectivity index (χ1) is 12.6. The molecule has 1 unspecified atom stereocenters. The molecule has 1 aliphatic heterocycles. The maximum atomic E-state index is 12.0. The van der Waals surface area contributed by atoms with Crippen LogP contribution < -0.4 is 0 Å². The molecule has 2 aromatic rings. The van der Waals surface area contributed by atoms with E-state index in [4.69, 9.17) is 16.3 Å². The van der Waals surface area contributed by atoms with Crippen molar-refractivity contribution >= 4 is 17.6 Å². The third-order valence-corrected chi connectivity index (χ3v) is 5.29. The number of esters is 1. The Kier molecular flexibility index (Phi) is 6.33. The maximum absolute atomic E-state index is 12.0. The van der Waals surface area contributed by atoms with Crippen LogP contribution in [-0.4, -0.2) is 40.3 Å². The standard InChI is InChI=1S/C20H26ClN3O2/c1-3-26-20(25)17-10-7-11-23(13-17)14-18-15(2)22-24(19(18)21)12-16-8-5-4-6-9-16/h4-6,8-9,17H,3,7,10-14H2,1-2H3. The van der Waals surface area contributed by atoms with Crippen LogP contribution in [0.5, 0.6) is 0 Å². The summed E-state index contributed by atoms with van der Waals surface area (Å²) in [7, 11) is 0. The fraction of sp³-hybridized carbons (Fsp3) is 0.500. The van der Waals surface area contributed by atoms with E-state index in [0.29, 0.717) is 18.3 Å². The van der Waals surface area contributed by atoms with Gasteiger partial charge in [-0.2, -0.15) is 5.10 Å². The van der Waals surface area contributed by atoms with Gasteiger partial charge < -0.3 is 4.74 Å². The number of piperidine rings is 1. The molecule has 26 heavy (non-hydrogen) atoms. The van der Waals surface area contributed by atoms with Gasteiger partial charge in [-0.25, -0.2) is 4.68 Å². The summed E-state index contributed by atoms with van der Waals surface area (Å²) in [4.78, 5) is 14.3. The second kappa shape index (κ2) is 8.69. The van der Waals surface area contributed by atoms with Crippen molar-refractivity contribution in [3.8, 4) is 0 Å². The number of aromatic nitrogens is 2. The normalized spacial score (nSPS) is 18.0. The molecule has 0 bridgehead atoms. The molecule has 1 fully saturated rings. The molecule has 1 aromatic heterocycles. The zero-order valence-corrected chi connectivity index (χ0v) is 16.2. The van der Waals surface area contributed by atoms with Crippen LogP contribution in [0, 0.1) is 12.8 Å². The fourth-order valence-corrected chi connectivity index (χ4v) is 3.80. The second-order valence-corrected chi connectivity index (χ2v) is 7.18. The number of aryl methyl sites for hydroxylation is 1. The van der Waals surface area contributed by atoms with Gasteiger partial charge in [0.2, 0.25) is 0 Å². The summed E-state index contributed by atoms with van der Waals surface area (Å²) >= 11 is 6.63. The molecule has 1 aromatic carbocycles. The minimum atomic E-state index is -0.0835. The van der Waals surface area contributed by atoms with E-state index in [0.717, 1.165) is 43.7 Å². The molecule has 0 saturated carbocycles. The van der Waals surface area contributed by atoms with Crippen LogP contribution in [0.25, 0.3) is 0 Å². The molecule has 0 N–H and O–H groups in total. The van der Waals surface area contributed by atoms with E-state index >= 15 is 0 Å². The predicted octanol–water partition coefficient (Wildman–Crippen LogP) is 3.67. The van der Waals surface area contributed by atoms with Gasteiger partial charge in [0.15, 0.2) is 0 Å². The van der Waals surface area contributed by atoms with Gasteiger partial charge in [-0.3, -0.25) is 9.69 Å². The molecular formula is C20H26ClN3O2. The third kappa shape index (κ3) is 4.46. The van der Waals surface area contributed by atoms with Crippen LogP contribution in [-0.2, 0) is 22.6 Å². The van der Waals surface area contributed by atoms with Crippen molar-refractivity contribution in [1.29, 1.82) is 0 Å². The number of hydrogen-bond acceptors (Lipinski definition) is 4. The molecule has 5 nitrogen and oxygen atoms in total. The Morgan fingerprint density at radius 1 is 1.31 bits per heavy atom. The van der Waals surface area contributed by atoms with Crippen LogP contribution in [0.15, 0.2) is 30.3 Å². The number of likely N-dealkylation sites (tertiary alicyclic amines) is 1. The first-order valence-corrected chi connectivity index (χ1v) is 9.61. The van der Waals surface area contributed by atoms with Crippen molar-refractivity contribution in [2.45, 2.75) is 39.8 Å². The van der Waals surface area contributed by atoms with Gasteiger partial charge in [-0.05, 0) is 38.8 Å². The van der Waals surface area contributed by atoms with Crippen LogP contribution in [0.3, 0.4) is 0 Å². The molecule has 1 atom stereocenters. The number of hydrogen-bond donors (Lipinski definition) is 0. The lowest BCUT2D eigenvalue weighted by atomic mass is 9.98. The van der Waals surface area contributed by atoms with Crippen molar-refractivity contribution in [3.63, 3.8) is 0 Å². The monoisotopic (exact) mass is 375 g/mol. The summed E-state index contributed by atoms with van der Waals surface area (Å²) in [5, 5.41) is 5.31. The van der Waals surface area contributed by atoms with Crippen molar-refractivity contribution in [2.24, 2.45) is 5.92 Å². The van der Waals surface area contributed by atoms with Gasteiger partial charge in [0.25, 0.3) is 0 Å². The van der Waals surface area contributed by atoms with Crippen LogP contribution in [0.4, 0.5) is 0 Å². The Balaban J connectivity index is 1.69. The average Bonchev–Trinajstić information content (AvgIpc) is 2.90. The van der Waals surface area contributed by atoms with E-state index in [9.17, 15) is 4.79 Å². The van der Waals surface area contributed by atoms with E-state index in [2.05, 4.69) is 22.1 Å². The number of rotatable bonds is 6. The van der Waals surface area contributed by atoms with E-state index in [-0.39, 0.29) is 11.9 Å². The van der Waals surface area contributed by atoms with Crippen LogP contribution in [0.2, 0.25) is 5.15 Å². The number of carbonyl (C=O) groups is 1. The molecule has 140 valence electrons. The molecule has 0 aliphatic carbocycles. The zero-order valence-electron chi connectivity index (χ0n) is 15.4. The van der Waals surface area contributed by atoms with Gasteiger partial charge in [0.1, 0.15) is 5.15 Å². The summed E-state index contributed by atoms with van der Waals surface area (Å²) in [5.41, 5.74) is 3.17. The molecule has 3 rings (SSSR count). The van der Waals surface area contributed by atoms with E-state index < -0.39 is 0 Å². The quantitative estimate of drug-likeness (QED) is 0.723. The largest absolute Gasteiger partial charge is 0.466 e. The Hall–Kier alpha value is -1.85. The molecule has 6 heteroatoms. The molecule has 0 spiro atoms. The lowest BCUT2D eigenvalue weighted by Crippen LogP contribution is -2.39.